The van der Waals surface area contributed by atoms with E-state index >= 15 is 0 Å². The Kier molecular flexibility index (Phi) is 5.40. The van der Waals surface area contributed by atoms with Gasteiger partial charge in [0, 0.05) is 0 Å². The SMILES string of the molecule is Cl.NC(=O)OC[C@H](N)COc1noc2ccccc12. The van der Waals surface area contributed by atoms with E-state index < -0.39 is 12.1 Å². The zero-order valence-corrected chi connectivity index (χ0v) is 10.8. The second kappa shape index (κ2) is 6.81. The molecule has 2 rings (SSSR count). The van der Waals surface area contributed by atoms with E-state index in [0.717, 1.165) is 5.39 Å². The predicted molar refractivity (Wildman–Crippen MR) is 70.3 cm³/mol. The van der Waals surface area contributed by atoms with Crippen LogP contribution >= 0.6 is 12.4 Å². The van der Waals surface area contributed by atoms with Crippen LogP contribution in [0.25, 0.3) is 11.0 Å². The van der Waals surface area contributed by atoms with Crippen molar-refractivity contribution >= 4 is 29.5 Å². The molecule has 0 aliphatic carbocycles. The Morgan fingerprint density at radius 2 is 2.11 bits per heavy atom. The molecule has 7 nitrogen and oxygen atoms in total. The van der Waals surface area contributed by atoms with E-state index in [4.69, 9.17) is 20.7 Å². The first-order chi connectivity index (χ1) is 8.66. The smallest absolute Gasteiger partial charge is 0.404 e. The highest BCUT2D eigenvalue weighted by atomic mass is 35.5. The summed E-state index contributed by atoms with van der Waals surface area (Å²) in [6.07, 6.45) is -0.864. The van der Waals surface area contributed by atoms with Crippen molar-refractivity contribution in [2.75, 3.05) is 13.2 Å². The standard InChI is InChI=1S/C11H13N3O4.ClH/c12-7(6-17-11(13)15)5-16-10-8-3-1-2-4-9(8)18-14-10;/h1-4,7H,5-6,12H2,(H2,13,15);1H/t7-;/m1./s1. The van der Waals surface area contributed by atoms with E-state index in [1.54, 1.807) is 6.07 Å². The number of fused-ring (bicyclic) bond motifs is 1. The lowest BCUT2D eigenvalue weighted by Gasteiger charge is -2.10. The van der Waals surface area contributed by atoms with Gasteiger partial charge in [0.1, 0.15) is 13.2 Å². The Morgan fingerprint density at radius 1 is 1.37 bits per heavy atom. The number of aromatic nitrogens is 1. The topological polar surface area (TPSA) is 114 Å². The Hall–Kier alpha value is -1.99. The molecule has 0 aliphatic heterocycles. The number of primary amides is 1. The summed E-state index contributed by atoms with van der Waals surface area (Å²) in [6, 6.07) is 6.82. The quantitative estimate of drug-likeness (QED) is 0.849. The first-order valence-electron chi connectivity index (χ1n) is 5.32. The van der Waals surface area contributed by atoms with Gasteiger partial charge in [-0.1, -0.05) is 12.1 Å². The van der Waals surface area contributed by atoms with Crippen LogP contribution in [-0.4, -0.2) is 30.5 Å². The number of carbonyl (C=O) groups is 1. The lowest BCUT2D eigenvalue weighted by atomic mass is 10.3. The van der Waals surface area contributed by atoms with Crippen molar-refractivity contribution in [3.05, 3.63) is 24.3 Å². The van der Waals surface area contributed by atoms with Crippen molar-refractivity contribution in [1.29, 1.82) is 0 Å². The average molecular weight is 288 g/mol. The molecule has 0 bridgehead atoms. The average Bonchev–Trinajstić information content (AvgIpc) is 2.77. The predicted octanol–water partition coefficient (Wildman–Crippen LogP) is 1.05. The van der Waals surface area contributed by atoms with E-state index in [1.807, 2.05) is 18.2 Å². The van der Waals surface area contributed by atoms with Crippen molar-refractivity contribution in [2.24, 2.45) is 11.5 Å². The number of nitrogens with two attached hydrogens (primary N) is 2. The zero-order chi connectivity index (χ0) is 13.0. The maximum Gasteiger partial charge on any atom is 0.404 e. The van der Waals surface area contributed by atoms with Gasteiger partial charge in [0.05, 0.1) is 11.4 Å². The van der Waals surface area contributed by atoms with Crippen LogP contribution in [0, 0.1) is 0 Å². The molecule has 1 heterocycles. The molecular weight excluding hydrogens is 274 g/mol. The molecule has 2 aromatic rings. The number of hydrogen-bond donors (Lipinski definition) is 2. The number of amides is 1. The highest BCUT2D eigenvalue weighted by Gasteiger charge is 2.11. The maximum atomic E-state index is 10.4. The Bertz CT molecular complexity index is 545. The van der Waals surface area contributed by atoms with E-state index in [2.05, 4.69) is 9.89 Å². The van der Waals surface area contributed by atoms with E-state index in [-0.39, 0.29) is 25.6 Å². The van der Waals surface area contributed by atoms with Gasteiger partial charge in [-0.2, -0.15) is 0 Å². The fourth-order valence-corrected chi connectivity index (χ4v) is 1.39. The van der Waals surface area contributed by atoms with Crippen LogP contribution < -0.4 is 16.2 Å². The van der Waals surface area contributed by atoms with Crippen molar-refractivity contribution in [2.45, 2.75) is 6.04 Å². The Balaban J connectivity index is 0.00000180. The van der Waals surface area contributed by atoms with Crippen LogP contribution in [0.1, 0.15) is 0 Å². The van der Waals surface area contributed by atoms with Crippen LogP contribution in [0.4, 0.5) is 4.79 Å². The van der Waals surface area contributed by atoms with Crippen molar-refractivity contribution in [3.8, 4) is 5.88 Å². The summed E-state index contributed by atoms with van der Waals surface area (Å²) in [7, 11) is 0. The van der Waals surface area contributed by atoms with Gasteiger partial charge in [0.15, 0.2) is 5.58 Å². The summed E-state index contributed by atoms with van der Waals surface area (Å²) in [6.45, 7) is 0.134. The van der Waals surface area contributed by atoms with Crippen molar-refractivity contribution in [1.82, 2.24) is 5.16 Å². The normalized spacial score (nSPS) is 11.6. The minimum absolute atomic E-state index is 0. The van der Waals surface area contributed by atoms with Gasteiger partial charge < -0.3 is 25.5 Å². The van der Waals surface area contributed by atoms with Gasteiger partial charge in [0.25, 0.3) is 5.88 Å². The molecule has 0 unspecified atom stereocenters. The number of ether oxygens (including phenoxy) is 2. The van der Waals surface area contributed by atoms with Gasteiger partial charge in [-0.3, -0.25) is 0 Å². The molecule has 104 valence electrons. The molecule has 1 amide bonds. The molecular formula is C11H14ClN3O4. The number of rotatable bonds is 5. The van der Waals surface area contributed by atoms with Gasteiger partial charge in [-0.15, -0.1) is 12.4 Å². The number of carbonyl (C=O) groups excluding carboxylic acids is 1. The fraction of sp³-hybridized carbons (Fsp3) is 0.273. The summed E-state index contributed by atoms with van der Waals surface area (Å²) in [5.74, 6) is 0.361. The molecule has 0 saturated heterocycles. The highest BCUT2D eigenvalue weighted by Crippen LogP contribution is 2.23. The molecule has 1 aromatic heterocycles. The van der Waals surface area contributed by atoms with E-state index in [1.165, 1.54) is 0 Å². The third-order valence-corrected chi connectivity index (χ3v) is 2.22. The Labute approximate surface area is 115 Å². The Morgan fingerprint density at radius 3 is 2.84 bits per heavy atom. The van der Waals surface area contributed by atoms with Gasteiger partial charge in [0.2, 0.25) is 0 Å². The second-order valence-electron chi connectivity index (χ2n) is 3.69. The molecule has 0 fully saturated rings. The lowest BCUT2D eigenvalue weighted by molar-refractivity contribution is 0.136. The van der Waals surface area contributed by atoms with Gasteiger partial charge >= 0.3 is 6.09 Å². The van der Waals surface area contributed by atoms with Crippen molar-refractivity contribution < 1.29 is 18.8 Å². The lowest BCUT2D eigenvalue weighted by Crippen LogP contribution is -2.34. The minimum Gasteiger partial charge on any atom is -0.473 e. The maximum absolute atomic E-state index is 10.4. The third-order valence-electron chi connectivity index (χ3n) is 2.22. The van der Waals surface area contributed by atoms with Crippen LogP contribution in [0.2, 0.25) is 0 Å². The molecule has 0 saturated carbocycles. The summed E-state index contributed by atoms with van der Waals surface area (Å²) in [5, 5.41) is 4.54. The molecule has 0 radical (unpaired) electrons. The van der Waals surface area contributed by atoms with Crippen LogP contribution in [-0.2, 0) is 4.74 Å². The van der Waals surface area contributed by atoms with Crippen LogP contribution in [0.5, 0.6) is 5.88 Å². The molecule has 4 N–H and O–H groups in total. The summed E-state index contributed by atoms with van der Waals surface area (Å²) in [5.41, 5.74) is 11.1. The second-order valence-corrected chi connectivity index (χ2v) is 3.69. The number of hydrogen-bond acceptors (Lipinski definition) is 6. The van der Waals surface area contributed by atoms with Crippen LogP contribution in [0.3, 0.4) is 0 Å². The number of nitrogens with zero attached hydrogens (tertiary/aromatic N) is 1. The zero-order valence-electron chi connectivity index (χ0n) is 9.94. The highest BCUT2D eigenvalue weighted by molar-refractivity contribution is 5.85. The van der Waals surface area contributed by atoms with Gasteiger partial charge in [-0.25, -0.2) is 4.79 Å². The van der Waals surface area contributed by atoms with E-state index in [9.17, 15) is 4.79 Å². The minimum atomic E-state index is -0.864. The van der Waals surface area contributed by atoms with Crippen LogP contribution in [0.15, 0.2) is 28.8 Å². The van der Waals surface area contributed by atoms with Crippen molar-refractivity contribution in [3.63, 3.8) is 0 Å². The number of halogens is 1. The monoisotopic (exact) mass is 287 g/mol. The van der Waals surface area contributed by atoms with Gasteiger partial charge in [-0.05, 0) is 17.3 Å². The first kappa shape index (κ1) is 15.1. The first-order valence-corrected chi connectivity index (χ1v) is 5.32. The molecule has 8 heteroatoms. The largest absolute Gasteiger partial charge is 0.473 e. The molecule has 19 heavy (non-hydrogen) atoms. The molecule has 0 spiro atoms. The molecule has 1 atom stereocenters. The molecule has 0 aliphatic rings. The fourth-order valence-electron chi connectivity index (χ4n) is 1.39. The summed E-state index contributed by atoms with van der Waals surface area (Å²) < 4.78 is 15.0. The third kappa shape index (κ3) is 4.01. The van der Waals surface area contributed by atoms with E-state index in [0.29, 0.717) is 11.5 Å². The summed E-state index contributed by atoms with van der Waals surface area (Å²) in [4.78, 5) is 10.4. The number of benzene rings is 1. The number of para-hydroxylation sites is 1. The summed E-state index contributed by atoms with van der Waals surface area (Å²) >= 11 is 0. The molecule has 1 aromatic carbocycles.